The highest BCUT2D eigenvalue weighted by molar-refractivity contribution is 7.19. The Bertz CT molecular complexity index is 956. The van der Waals surface area contributed by atoms with Gasteiger partial charge in [-0.15, -0.1) is 11.3 Å². The van der Waals surface area contributed by atoms with Crippen molar-refractivity contribution >= 4 is 33.2 Å². The number of nitrogens with one attached hydrogen (secondary N) is 1. The Hall–Kier alpha value is -2.46. The van der Waals surface area contributed by atoms with E-state index in [0.717, 1.165) is 0 Å². The Balaban J connectivity index is 1.83. The highest BCUT2D eigenvalue weighted by Gasteiger charge is 2.39. The topological polar surface area (TPSA) is 44.2 Å². The Morgan fingerprint density at radius 1 is 1.08 bits per heavy atom. The second-order valence-corrected chi connectivity index (χ2v) is 8.07. The summed E-state index contributed by atoms with van der Waals surface area (Å²) in [6, 6.07) is 19.0. The molecule has 0 unspecified atom stereocenters. The van der Waals surface area contributed by atoms with Crippen LogP contribution >= 0.6 is 11.3 Å². The lowest BCUT2D eigenvalue weighted by molar-refractivity contribution is -0.128. The molecule has 4 rings (SSSR count). The fourth-order valence-corrected chi connectivity index (χ4v) is 4.87. The summed E-state index contributed by atoms with van der Waals surface area (Å²) in [5.74, 6) is 0.430. The van der Waals surface area contributed by atoms with Gasteiger partial charge >= 0.3 is 0 Å². The first-order chi connectivity index (χ1) is 12.0. The van der Waals surface area contributed by atoms with Crippen molar-refractivity contribution in [3.8, 4) is 11.1 Å². The third kappa shape index (κ3) is 2.67. The summed E-state index contributed by atoms with van der Waals surface area (Å²) in [7, 11) is 1.70. The molecule has 1 atom stereocenters. The molecule has 1 fully saturated rings. The van der Waals surface area contributed by atoms with E-state index in [1.807, 2.05) is 6.07 Å². The summed E-state index contributed by atoms with van der Waals surface area (Å²) in [6.07, 6.45) is 1.06. The molecule has 25 heavy (non-hydrogen) atoms. The summed E-state index contributed by atoms with van der Waals surface area (Å²) in [5, 5.41) is 9.36. The highest BCUT2D eigenvalue weighted by Crippen LogP contribution is 2.44. The lowest BCUT2D eigenvalue weighted by Crippen LogP contribution is -2.46. The standard InChI is InChI=1S/C21H20N2OS/c1-21(12-18(22)23(2)19(24)13-21)17-11-15-9-6-10-16(20(15)25-17)14-7-4-3-5-8-14/h3-11,22H,12-13H2,1-2H3/t21-/m0/s1. The molecule has 2 heterocycles. The zero-order valence-corrected chi connectivity index (χ0v) is 15.2. The van der Waals surface area contributed by atoms with Crippen LogP contribution in [0.25, 0.3) is 21.2 Å². The number of nitrogens with zero attached hydrogens (tertiary/aromatic N) is 1. The Labute approximate surface area is 151 Å². The maximum atomic E-state index is 12.3. The van der Waals surface area contributed by atoms with Gasteiger partial charge in [-0.05, 0) is 22.6 Å². The third-order valence-corrected chi connectivity index (χ3v) is 6.59. The minimum absolute atomic E-state index is 0.0273. The van der Waals surface area contributed by atoms with Crippen LogP contribution in [0.4, 0.5) is 0 Å². The molecule has 0 spiro atoms. The van der Waals surface area contributed by atoms with E-state index in [1.54, 1.807) is 18.4 Å². The molecule has 0 aliphatic carbocycles. The molecule has 126 valence electrons. The average Bonchev–Trinajstić information content (AvgIpc) is 3.05. The number of rotatable bonds is 2. The molecule has 4 heteroatoms. The van der Waals surface area contributed by atoms with Crippen LogP contribution < -0.4 is 0 Å². The lowest BCUT2D eigenvalue weighted by atomic mass is 9.78. The number of carbonyl (C=O) groups is 1. The maximum absolute atomic E-state index is 12.3. The molecule has 1 aliphatic heterocycles. The van der Waals surface area contributed by atoms with Crippen LogP contribution in [0, 0.1) is 5.41 Å². The minimum Gasteiger partial charge on any atom is -0.304 e. The molecule has 0 radical (unpaired) electrons. The molecule has 3 aromatic rings. The molecule has 1 N–H and O–H groups in total. The van der Waals surface area contributed by atoms with Crippen molar-refractivity contribution < 1.29 is 4.79 Å². The first-order valence-electron chi connectivity index (χ1n) is 8.40. The van der Waals surface area contributed by atoms with E-state index in [9.17, 15) is 4.79 Å². The van der Waals surface area contributed by atoms with Crippen molar-refractivity contribution in [3.05, 3.63) is 59.5 Å². The first-order valence-corrected chi connectivity index (χ1v) is 9.22. The number of hydrogen-bond donors (Lipinski definition) is 1. The van der Waals surface area contributed by atoms with Crippen molar-refractivity contribution in [2.45, 2.75) is 25.2 Å². The van der Waals surface area contributed by atoms with Crippen LogP contribution in [0.15, 0.2) is 54.6 Å². The Morgan fingerprint density at radius 2 is 1.84 bits per heavy atom. The zero-order chi connectivity index (χ0) is 17.6. The number of amides is 1. The largest absolute Gasteiger partial charge is 0.304 e. The van der Waals surface area contributed by atoms with E-state index in [1.165, 1.54) is 31.0 Å². The molecule has 1 amide bonds. The molecule has 1 aliphatic rings. The predicted octanol–water partition coefficient (Wildman–Crippen LogP) is 5.06. The molecule has 0 bridgehead atoms. The number of thiophene rings is 1. The molecule has 2 aromatic carbocycles. The van der Waals surface area contributed by atoms with Gasteiger partial charge in [-0.3, -0.25) is 10.2 Å². The van der Waals surface area contributed by atoms with Crippen LogP contribution in [-0.4, -0.2) is 23.7 Å². The number of fused-ring (bicyclic) bond motifs is 1. The summed E-state index contributed by atoms with van der Waals surface area (Å²) in [6.45, 7) is 2.11. The number of likely N-dealkylation sites (tertiary alicyclic amines) is 1. The quantitative estimate of drug-likeness (QED) is 0.691. The van der Waals surface area contributed by atoms with Gasteiger partial charge in [0.15, 0.2) is 0 Å². The maximum Gasteiger partial charge on any atom is 0.228 e. The van der Waals surface area contributed by atoms with E-state index in [-0.39, 0.29) is 11.3 Å². The van der Waals surface area contributed by atoms with Crippen LogP contribution in [0.2, 0.25) is 0 Å². The fraction of sp³-hybridized carbons (Fsp3) is 0.238. The van der Waals surface area contributed by atoms with Crippen LogP contribution in [-0.2, 0) is 10.2 Å². The van der Waals surface area contributed by atoms with E-state index in [0.29, 0.717) is 18.7 Å². The molecule has 1 saturated heterocycles. The van der Waals surface area contributed by atoms with Gasteiger partial charge in [-0.1, -0.05) is 55.5 Å². The van der Waals surface area contributed by atoms with Crippen molar-refractivity contribution in [3.63, 3.8) is 0 Å². The summed E-state index contributed by atoms with van der Waals surface area (Å²) < 4.78 is 1.25. The Kier molecular flexibility index (Phi) is 3.73. The van der Waals surface area contributed by atoms with Gasteiger partial charge in [-0.25, -0.2) is 0 Å². The molecular formula is C21H20N2OS. The predicted molar refractivity (Wildman–Crippen MR) is 104 cm³/mol. The van der Waals surface area contributed by atoms with Crippen LogP contribution in [0.5, 0.6) is 0 Å². The monoisotopic (exact) mass is 348 g/mol. The second kappa shape index (κ2) is 5.81. The normalized spacial score (nSPS) is 21.1. The highest BCUT2D eigenvalue weighted by atomic mass is 32.1. The van der Waals surface area contributed by atoms with Gasteiger partial charge in [0.1, 0.15) is 5.84 Å². The van der Waals surface area contributed by atoms with Crippen LogP contribution in [0.3, 0.4) is 0 Å². The SMILES string of the molecule is CN1C(=N)C[C@](C)(c2cc3cccc(-c4ccccc4)c3s2)CC1=O. The number of piperidine rings is 1. The lowest BCUT2D eigenvalue weighted by Gasteiger charge is -2.36. The van der Waals surface area contributed by atoms with E-state index >= 15 is 0 Å². The van der Waals surface area contributed by atoms with E-state index in [4.69, 9.17) is 5.41 Å². The number of benzene rings is 2. The van der Waals surface area contributed by atoms with E-state index in [2.05, 4.69) is 55.5 Å². The molecule has 1 aromatic heterocycles. The van der Waals surface area contributed by atoms with Crippen molar-refractivity contribution in [2.75, 3.05) is 7.05 Å². The zero-order valence-electron chi connectivity index (χ0n) is 14.4. The van der Waals surface area contributed by atoms with Gasteiger partial charge in [0, 0.05) is 34.9 Å². The molecular weight excluding hydrogens is 328 g/mol. The number of carbonyl (C=O) groups excluding carboxylic acids is 1. The minimum atomic E-state index is -0.293. The van der Waals surface area contributed by atoms with Crippen LogP contribution in [0.1, 0.15) is 24.6 Å². The molecule has 0 saturated carbocycles. The fourth-order valence-electron chi connectivity index (χ4n) is 3.53. The van der Waals surface area contributed by atoms with Crippen molar-refractivity contribution in [1.82, 2.24) is 4.90 Å². The van der Waals surface area contributed by atoms with Gasteiger partial charge in [0.2, 0.25) is 5.91 Å². The second-order valence-electron chi connectivity index (χ2n) is 7.01. The van der Waals surface area contributed by atoms with Gasteiger partial charge < -0.3 is 4.90 Å². The Morgan fingerprint density at radius 3 is 2.56 bits per heavy atom. The van der Waals surface area contributed by atoms with Gasteiger partial charge in [0.25, 0.3) is 0 Å². The van der Waals surface area contributed by atoms with Gasteiger partial charge in [-0.2, -0.15) is 0 Å². The summed E-state index contributed by atoms with van der Waals surface area (Å²) >= 11 is 1.76. The molecule has 3 nitrogen and oxygen atoms in total. The van der Waals surface area contributed by atoms with Crippen molar-refractivity contribution in [1.29, 1.82) is 5.41 Å². The van der Waals surface area contributed by atoms with E-state index < -0.39 is 0 Å². The summed E-state index contributed by atoms with van der Waals surface area (Å²) in [5.41, 5.74) is 2.14. The van der Waals surface area contributed by atoms with Gasteiger partial charge in [0.05, 0.1) is 0 Å². The van der Waals surface area contributed by atoms with Crippen molar-refractivity contribution in [2.24, 2.45) is 0 Å². The third-order valence-electron chi connectivity index (χ3n) is 5.10. The number of hydrogen-bond acceptors (Lipinski definition) is 3. The smallest absolute Gasteiger partial charge is 0.228 e. The average molecular weight is 348 g/mol. The summed E-state index contributed by atoms with van der Waals surface area (Å²) in [4.78, 5) is 15.0. The number of amidine groups is 1. The first kappa shape index (κ1) is 16.0.